The normalized spacial score (nSPS) is 10.7. The van der Waals surface area contributed by atoms with Gasteiger partial charge in [-0.05, 0) is 42.8 Å². The molecule has 3 rings (SSSR count). The quantitative estimate of drug-likeness (QED) is 0.295. The molecule has 3 aromatic rings. The fourth-order valence-corrected chi connectivity index (χ4v) is 4.37. The first-order valence-electron chi connectivity index (χ1n) is 8.59. The molecule has 2 heterocycles. The molecule has 0 atom stereocenters. The van der Waals surface area contributed by atoms with Crippen LogP contribution in [-0.4, -0.2) is 33.4 Å². The van der Waals surface area contributed by atoms with Gasteiger partial charge in [0.2, 0.25) is 0 Å². The van der Waals surface area contributed by atoms with Crippen LogP contribution in [0, 0.1) is 0 Å². The van der Waals surface area contributed by atoms with E-state index in [1.54, 1.807) is 24.5 Å². The molecule has 0 aliphatic rings. The van der Waals surface area contributed by atoms with E-state index in [1.807, 2.05) is 41.0 Å². The van der Waals surface area contributed by atoms with Gasteiger partial charge in [0, 0.05) is 17.0 Å². The number of aryl methyl sites for hydroxylation is 1. The van der Waals surface area contributed by atoms with E-state index in [0.717, 1.165) is 28.4 Å². The SMILES string of the molecule is C=CCn1c(SCC(=O)c2ccc(CC)s2)nnc1-c1ccc(OC)cc1. The summed E-state index contributed by atoms with van der Waals surface area (Å²) in [6.07, 6.45) is 2.75. The van der Waals surface area contributed by atoms with Gasteiger partial charge in [-0.2, -0.15) is 0 Å². The maximum Gasteiger partial charge on any atom is 0.192 e. The zero-order valence-corrected chi connectivity index (χ0v) is 17.0. The Morgan fingerprint density at radius 1 is 1.26 bits per heavy atom. The van der Waals surface area contributed by atoms with Crippen LogP contribution >= 0.6 is 23.1 Å². The summed E-state index contributed by atoms with van der Waals surface area (Å²) < 4.78 is 7.18. The minimum Gasteiger partial charge on any atom is -0.497 e. The van der Waals surface area contributed by atoms with Gasteiger partial charge in [-0.3, -0.25) is 9.36 Å². The lowest BCUT2D eigenvalue weighted by molar-refractivity contribution is 0.102. The van der Waals surface area contributed by atoms with Gasteiger partial charge in [-0.15, -0.1) is 28.1 Å². The highest BCUT2D eigenvalue weighted by Crippen LogP contribution is 2.27. The number of ether oxygens (including phenoxy) is 1. The molecule has 0 saturated heterocycles. The Kier molecular flexibility index (Phi) is 6.47. The maximum atomic E-state index is 12.5. The van der Waals surface area contributed by atoms with E-state index in [4.69, 9.17) is 4.74 Å². The Morgan fingerprint density at radius 2 is 2.04 bits per heavy atom. The van der Waals surface area contributed by atoms with Crippen molar-refractivity contribution in [3.63, 3.8) is 0 Å². The van der Waals surface area contributed by atoms with Crippen LogP contribution in [-0.2, 0) is 13.0 Å². The number of thiophene rings is 1. The van der Waals surface area contributed by atoms with Crippen LogP contribution in [0.2, 0.25) is 0 Å². The molecule has 7 heteroatoms. The number of ketones is 1. The second-order valence-electron chi connectivity index (χ2n) is 5.77. The van der Waals surface area contributed by atoms with E-state index in [-0.39, 0.29) is 5.78 Å². The molecule has 0 fully saturated rings. The summed E-state index contributed by atoms with van der Waals surface area (Å²) in [6, 6.07) is 11.6. The van der Waals surface area contributed by atoms with Crippen LogP contribution in [0.1, 0.15) is 21.5 Å². The van der Waals surface area contributed by atoms with Gasteiger partial charge in [0.15, 0.2) is 16.8 Å². The van der Waals surface area contributed by atoms with Crippen molar-refractivity contribution < 1.29 is 9.53 Å². The molecule has 0 saturated carbocycles. The highest BCUT2D eigenvalue weighted by Gasteiger charge is 2.16. The third kappa shape index (κ3) is 4.48. The van der Waals surface area contributed by atoms with E-state index in [9.17, 15) is 4.79 Å². The molecule has 27 heavy (non-hydrogen) atoms. The van der Waals surface area contributed by atoms with Crippen LogP contribution in [0.4, 0.5) is 0 Å². The average molecular weight is 400 g/mol. The van der Waals surface area contributed by atoms with Gasteiger partial charge in [-0.1, -0.05) is 24.8 Å². The van der Waals surface area contributed by atoms with E-state index >= 15 is 0 Å². The first-order chi connectivity index (χ1) is 13.2. The lowest BCUT2D eigenvalue weighted by Gasteiger charge is -2.08. The number of benzene rings is 1. The zero-order chi connectivity index (χ0) is 19.2. The van der Waals surface area contributed by atoms with Gasteiger partial charge >= 0.3 is 0 Å². The van der Waals surface area contributed by atoms with Crippen LogP contribution in [0.3, 0.4) is 0 Å². The minimum atomic E-state index is 0.115. The standard InChI is InChI=1S/C20H21N3O2S2/c1-4-12-23-19(14-6-8-15(25-3)9-7-14)21-22-20(23)26-13-17(24)18-11-10-16(5-2)27-18/h4,6-11H,1,5,12-13H2,2-3H3. The van der Waals surface area contributed by atoms with Crippen molar-refractivity contribution in [2.75, 3.05) is 12.9 Å². The molecule has 2 aromatic heterocycles. The molecule has 0 radical (unpaired) electrons. The highest BCUT2D eigenvalue weighted by molar-refractivity contribution is 7.99. The van der Waals surface area contributed by atoms with Crippen molar-refractivity contribution in [2.24, 2.45) is 0 Å². The third-order valence-electron chi connectivity index (χ3n) is 3.99. The lowest BCUT2D eigenvalue weighted by Crippen LogP contribution is -2.04. The van der Waals surface area contributed by atoms with E-state index < -0.39 is 0 Å². The summed E-state index contributed by atoms with van der Waals surface area (Å²) in [5.74, 6) is 1.98. The average Bonchev–Trinajstić information content (AvgIpc) is 3.34. The number of thioether (sulfide) groups is 1. The Bertz CT molecular complexity index is 929. The second kappa shape index (κ2) is 9.01. The summed E-state index contributed by atoms with van der Waals surface area (Å²) in [6.45, 7) is 6.49. The summed E-state index contributed by atoms with van der Waals surface area (Å²) in [5.41, 5.74) is 0.939. The van der Waals surface area contributed by atoms with E-state index in [2.05, 4.69) is 23.7 Å². The molecule has 0 aliphatic carbocycles. The first kappa shape index (κ1) is 19.4. The van der Waals surface area contributed by atoms with Crippen LogP contribution in [0.15, 0.2) is 54.2 Å². The number of hydrogen-bond acceptors (Lipinski definition) is 6. The zero-order valence-electron chi connectivity index (χ0n) is 15.3. The van der Waals surface area contributed by atoms with Crippen LogP contribution in [0.5, 0.6) is 5.75 Å². The Balaban J connectivity index is 1.77. The summed E-state index contributed by atoms with van der Waals surface area (Å²) >= 11 is 2.97. The molecular weight excluding hydrogens is 378 g/mol. The van der Waals surface area contributed by atoms with Crippen molar-refractivity contribution in [2.45, 2.75) is 25.0 Å². The third-order valence-corrected chi connectivity index (χ3v) is 6.23. The molecule has 0 amide bonds. The predicted octanol–water partition coefficient (Wildman–Crippen LogP) is 4.74. The largest absolute Gasteiger partial charge is 0.497 e. The number of allylic oxidation sites excluding steroid dienone is 1. The maximum absolute atomic E-state index is 12.5. The topological polar surface area (TPSA) is 57.0 Å². The van der Waals surface area contributed by atoms with Crippen LogP contribution in [0.25, 0.3) is 11.4 Å². The molecule has 0 unspecified atom stereocenters. The second-order valence-corrected chi connectivity index (χ2v) is 7.88. The Morgan fingerprint density at radius 3 is 2.67 bits per heavy atom. The van der Waals surface area contributed by atoms with Crippen molar-refractivity contribution in [3.05, 3.63) is 58.8 Å². The number of carbonyl (C=O) groups is 1. The number of methoxy groups -OCH3 is 1. The lowest BCUT2D eigenvalue weighted by atomic mass is 10.2. The number of carbonyl (C=O) groups excluding carboxylic acids is 1. The van der Waals surface area contributed by atoms with Gasteiger partial charge in [-0.25, -0.2) is 0 Å². The highest BCUT2D eigenvalue weighted by atomic mass is 32.2. The Hall–Kier alpha value is -2.38. The van der Waals surface area contributed by atoms with Crippen molar-refractivity contribution in [3.8, 4) is 17.1 Å². The first-order valence-corrected chi connectivity index (χ1v) is 10.4. The fraction of sp³-hybridized carbons (Fsp3) is 0.250. The van der Waals surface area contributed by atoms with Gasteiger partial charge < -0.3 is 4.74 Å². The van der Waals surface area contributed by atoms with Gasteiger partial charge in [0.25, 0.3) is 0 Å². The monoisotopic (exact) mass is 399 g/mol. The minimum absolute atomic E-state index is 0.115. The molecule has 140 valence electrons. The van der Waals surface area contributed by atoms with Crippen LogP contribution < -0.4 is 4.74 Å². The van der Waals surface area contributed by atoms with Crippen molar-refractivity contribution in [1.82, 2.24) is 14.8 Å². The van der Waals surface area contributed by atoms with Gasteiger partial charge in [0.05, 0.1) is 17.7 Å². The van der Waals surface area contributed by atoms with Crippen molar-refractivity contribution >= 4 is 28.9 Å². The molecule has 0 aliphatic heterocycles. The Labute approximate surface area is 167 Å². The summed E-state index contributed by atoms with van der Waals surface area (Å²) in [4.78, 5) is 14.5. The summed E-state index contributed by atoms with van der Waals surface area (Å²) in [5, 5.41) is 9.32. The number of nitrogens with zero attached hydrogens (tertiary/aromatic N) is 3. The predicted molar refractivity (Wildman–Crippen MR) is 111 cm³/mol. The van der Waals surface area contributed by atoms with Gasteiger partial charge in [0.1, 0.15) is 5.75 Å². The number of aromatic nitrogens is 3. The molecule has 0 spiro atoms. The molecule has 5 nitrogen and oxygen atoms in total. The molecule has 0 N–H and O–H groups in total. The van der Waals surface area contributed by atoms with E-state index in [1.165, 1.54) is 16.6 Å². The molecule has 0 bridgehead atoms. The molecular formula is C20H21N3O2S2. The summed E-state index contributed by atoms with van der Waals surface area (Å²) in [7, 11) is 1.64. The molecule has 1 aromatic carbocycles. The smallest absolute Gasteiger partial charge is 0.192 e. The number of hydrogen-bond donors (Lipinski definition) is 0. The van der Waals surface area contributed by atoms with Crippen molar-refractivity contribution in [1.29, 1.82) is 0 Å². The fourth-order valence-electron chi connectivity index (χ4n) is 2.56. The number of Topliss-reactive ketones (excluding diaryl/α,β-unsaturated/α-hetero) is 1. The van der Waals surface area contributed by atoms with E-state index in [0.29, 0.717) is 17.5 Å². The number of rotatable bonds is 9.